The van der Waals surface area contributed by atoms with Gasteiger partial charge in [-0.3, -0.25) is 9.55 Å². The summed E-state index contributed by atoms with van der Waals surface area (Å²) < 4.78 is 36.4. The largest absolute Gasteiger partial charge is 0.481 e. The summed E-state index contributed by atoms with van der Waals surface area (Å²) in [6, 6.07) is 15.4. The molecular weight excluding hydrogens is 556 g/mol. The number of rotatable bonds is 7. The van der Waals surface area contributed by atoms with Crippen molar-refractivity contribution in [2.45, 2.75) is 11.8 Å². The van der Waals surface area contributed by atoms with Gasteiger partial charge in [0.05, 0.1) is 22.7 Å². The van der Waals surface area contributed by atoms with Crippen molar-refractivity contribution in [1.82, 2.24) is 34.9 Å². The Labute approximate surface area is 233 Å². The fourth-order valence-electron chi connectivity index (χ4n) is 3.76. The third kappa shape index (κ3) is 5.05. The van der Waals surface area contributed by atoms with Gasteiger partial charge in [0.2, 0.25) is 17.7 Å². The molecule has 5 rings (SSSR count). The molecule has 1 aromatic carbocycles. The molecule has 200 valence electrons. The summed E-state index contributed by atoms with van der Waals surface area (Å²) >= 11 is 6.54. The van der Waals surface area contributed by atoms with E-state index in [0.29, 0.717) is 33.4 Å². The Morgan fingerprint density at radius 2 is 1.88 bits per heavy atom. The molecule has 0 aliphatic heterocycles. The van der Waals surface area contributed by atoms with E-state index in [1.54, 1.807) is 54.1 Å². The van der Waals surface area contributed by atoms with E-state index in [0.717, 1.165) is 6.26 Å². The molecule has 14 heteroatoms. The number of nitrogens with zero attached hydrogens (tertiary/aromatic N) is 8. The summed E-state index contributed by atoms with van der Waals surface area (Å²) in [5.41, 5.74) is 1.81. The minimum absolute atomic E-state index is 0.0488. The van der Waals surface area contributed by atoms with Crippen molar-refractivity contribution in [3.8, 4) is 40.6 Å². The lowest BCUT2D eigenvalue weighted by Crippen LogP contribution is -2.05. The Morgan fingerprint density at radius 3 is 2.55 bits per heavy atom. The van der Waals surface area contributed by atoms with Gasteiger partial charge in [0.25, 0.3) is 0 Å². The average molecular weight is 575 g/mol. The number of halogens is 1. The van der Waals surface area contributed by atoms with Crippen LogP contribution in [0.5, 0.6) is 5.88 Å². The van der Waals surface area contributed by atoms with Crippen LogP contribution in [0.1, 0.15) is 18.6 Å². The summed E-state index contributed by atoms with van der Waals surface area (Å²) in [4.78, 5) is 8.40. The van der Waals surface area contributed by atoms with Gasteiger partial charge in [0, 0.05) is 35.9 Å². The summed E-state index contributed by atoms with van der Waals surface area (Å²) in [6.07, 6.45) is 3.87. The first-order chi connectivity index (χ1) is 19.2. The van der Waals surface area contributed by atoms with E-state index in [2.05, 4.69) is 36.4 Å². The topological polar surface area (TPSA) is 163 Å². The Bertz CT molecular complexity index is 1910. The minimum atomic E-state index is -3.46. The average Bonchev–Trinajstić information content (AvgIpc) is 3.62. The van der Waals surface area contributed by atoms with Gasteiger partial charge in [-0.05, 0) is 37.3 Å². The molecule has 5 aromatic rings. The van der Waals surface area contributed by atoms with Gasteiger partial charge in [0.1, 0.15) is 17.3 Å². The molecule has 0 N–H and O–H groups in total. The molecule has 0 bridgehead atoms. The number of hydrogen-bond acceptors (Lipinski definition) is 11. The lowest BCUT2D eigenvalue weighted by atomic mass is 10.1. The number of pyridine rings is 2. The molecule has 0 saturated carbocycles. The molecule has 0 aliphatic carbocycles. The van der Waals surface area contributed by atoms with Crippen LogP contribution in [0.2, 0.25) is 5.02 Å². The molecule has 12 nitrogen and oxygen atoms in total. The van der Waals surface area contributed by atoms with Crippen molar-refractivity contribution >= 4 is 32.6 Å². The summed E-state index contributed by atoms with van der Waals surface area (Å²) in [6.45, 7) is 1.65. The SMILES string of the molecule is COc1cc(-c2nnc(/C(C)=C(\C#N)c3nnc(-c4ccc(S(C)(=O)=O)cn4)n3-c3ccccc3Cl)o2)ccn1. The molecule has 0 amide bonds. The van der Waals surface area contributed by atoms with Crippen molar-refractivity contribution < 1.29 is 17.6 Å². The van der Waals surface area contributed by atoms with Gasteiger partial charge < -0.3 is 9.15 Å². The summed E-state index contributed by atoms with van der Waals surface area (Å²) in [5, 5.41) is 27.4. The van der Waals surface area contributed by atoms with Crippen molar-refractivity contribution in [2.24, 2.45) is 0 Å². The maximum atomic E-state index is 11.9. The molecular formula is C26H19ClN8O4S. The molecule has 0 atom stereocenters. The molecule has 0 saturated heterocycles. The second kappa shape index (κ2) is 10.7. The number of sulfone groups is 1. The zero-order valence-electron chi connectivity index (χ0n) is 21.3. The highest BCUT2D eigenvalue weighted by Gasteiger charge is 2.25. The molecule has 0 unspecified atom stereocenters. The summed E-state index contributed by atoms with van der Waals surface area (Å²) in [7, 11) is -1.96. The Kier molecular flexibility index (Phi) is 7.12. The predicted octanol–water partition coefficient (Wildman–Crippen LogP) is 4.29. The number of para-hydroxylation sites is 1. The second-order valence-electron chi connectivity index (χ2n) is 8.40. The molecule has 0 fully saturated rings. The molecule has 0 aliphatic rings. The lowest BCUT2D eigenvalue weighted by molar-refractivity contribution is 0.398. The number of aromatic nitrogens is 7. The smallest absolute Gasteiger partial charge is 0.248 e. The number of methoxy groups -OCH3 is 1. The first-order valence-electron chi connectivity index (χ1n) is 11.5. The standard InChI is InChI=1S/C26H19ClN8O4S/c1-15(25-33-34-26(39-25)16-10-11-29-22(12-16)38-2)18(13-28)23-31-32-24(35(23)21-7-5-4-6-19(21)27)20-9-8-17(14-30-20)40(3,36)37/h4-12,14H,1-3H3/b18-15+. The first kappa shape index (κ1) is 26.7. The van der Waals surface area contributed by atoms with Gasteiger partial charge in [-0.1, -0.05) is 23.7 Å². The zero-order valence-corrected chi connectivity index (χ0v) is 22.8. The Balaban J connectivity index is 1.66. The van der Waals surface area contributed by atoms with E-state index in [-0.39, 0.29) is 33.9 Å². The zero-order chi connectivity index (χ0) is 28.4. The van der Waals surface area contributed by atoms with E-state index in [9.17, 15) is 13.7 Å². The number of nitriles is 1. The van der Waals surface area contributed by atoms with E-state index in [1.807, 2.05) is 0 Å². The van der Waals surface area contributed by atoms with Crippen molar-refractivity contribution in [3.05, 3.63) is 77.7 Å². The van der Waals surface area contributed by atoms with E-state index in [1.165, 1.54) is 25.4 Å². The highest BCUT2D eigenvalue weighted by molar-refractivity contribution is 7.90. The normalized spacial score (nSPS) is 12.1. The lowest BCUT2D eigenvalue weighted by Gasteiger charge is -2.12. The Hall–Kier alpha value is -4.93. The van der Waals surface area contributed by atoms with Crippen LogP contribution in [0.3, 0.4) is 0 Å². The van der Waals surface area contributed by atoms with Crippen molar-refractivity contribution in [2.75, 3.05) is 13.4 Å². The van der Waals surface area contributed by atoms with Gasteiger partial charge in [-0.2, -0.15) is 5.26 Å². The van der Waals surface area contributed by atoms with Crippen LogP contribution in [0.25, 0.3) is 39.8 Å². The third-order valence-corrected chi connectivity index (χ3v) is 7.21. The number of hydrogen-bond donors (Lipinski definition) is 0. The fourth-order valence-corrected chi connectivity index (χ4v) is 4.54. The Morgan fingerprint density at radius 1 is 1.07 bits per heavy atom. The van der Waals surface area contributed by atoms with Crippen LogP contribution in [0.15, 0.2) is 70.2 Å². The highest BCUT2D eigenvalue weighted by Crippen LogP contribution is 2.33. The monoisotopic (exact) mass is 574 g/mol. The predicted molar refractivity (Wildman–Crippen MR) is 145 cm³/mol. The van der Waals surface area contributed by atoms with E-state index >= 15 is 0 Å². The number of benzene rings is 1. The fraction of sp³-hybridized carbons (Fsp3) is 0.115. The van der Waals surface area contributed by atoms with E-state index < -0.39 is 9.84 Å². The molecule has 0 spiro atoms. The van der Waals surface area contributed by atoms with Gasteiger partial charge in [0.15, 0.2) is 21.5 Å². The maximum absolute atomic E-state index is 11.9. The van der Waals surface area contributed by atoms with Crippen LogP contribution < -0.4 is 4.74 Å². The van der Waals surface area contributed by atoms with Gasteiger partial charge >= 0.3 is 0 Å². The van der Waals surface area contributed by atoms with Crippen LogP contribution in [0.4, 0.5) is 0 Å². The van der Waals surface area contributed by atoms with Gasteiger partial charge in [-0.15, -0.1) is 20.4 Å². The van der Waals surface area contributed by atoms with Gasteiger partial charge in [-0.25, -0.2) is 13.4 Å². The third-order valence-electron chi connectivity index (χ3n) is 5.80. The number of allylic oxidation sites excluding steroid dienone is 2. The van der Waals surface area contributed by atoms with Crippen LogP contribution >= 0.6 is 11.6 Å². The molecule has 4 aromatic heterocycles. The quantitative estimate of drug-likeness (QED) is 0.255. The second-order valence-corrected chi connectivity index (χ2v) is 10.8. The van der Waals surface area contributed by atoms with Crippen molar-refractivity contribution in [1.29, 1.82) is 5.26 Å². The molecule has 0 radical (unpaired) electrons. The molecule has 40 heavy (non-hydrogen) atoms. The van der Waals surface area contributed by atoms with Crippen LogP contribution in [0, 0.1) is 11.3 Å². The van der Waals surface area contributed by atoms with E-state index in [4.69, 9.17) is 20.8 Å². The number of ether oxygens (including phenoxy) is 1. The van der Waals surface area contributed by atoms with Crippen LogP contribution in [-0.4, -0.2) is 56.7 Å². The van der Waals surface area contributed by atoms with Crippen LogP contribution in [-0.2, 0) is 9.84 Å². The van der Waals surface area contributed by atoms with Crippen molar-refractivity contribution in [3.63, 3.8) is 0 Å². The first-order valence-corrected chi connectivity index (χ1v) is 13.8. The molecule has 4 heterocycles. The highest BCUT2D eigenvalue weighted by atomic mass is 35.5. The summed E-state index contributed by atoms with van der Waals surface area (Å²) in [5.74, 6) is 1.05. The minimum Gasteiger partial charge on any atom is -0.481 e. The maximum Gasteiger partial charge on any atom is 0.248 e.